The summed E-state index contributed by atoms with van der Waals surface area (Å²) in [6.07, 6.45) is 6.21. The number of fused-ring (bicyclic) bond motifs is 1. The number of nitrogens with zero attached hydrogens (tertiary/aromatic N) is 6. The lowest BCUT2D eigenvalue weighted by Gasteiger charge is -2.49. The van der Waals surface area contributed by atoms with E-state index in [4.69, 9.17) is 10.6 Å². The number of nitrogens with one attached hydrogen (secondary N) is 1. The van der Waals surface area contributed by atoms with Crippen molar-refractivity contribution in [3.8, 4) is 0 Å². The third-order valence-electron chi connectivity index (χ3n) is 5.60. The van der Waals surface area contributed by atoms with Gasteiger partial charge < -0.3 is 21.0 Å². The first-order valence-corrected chi connectivity index (χ1v) is 14.7. The number of aliphatic carboxylic acids is 1. The van der Waals surface area contributed by atoms with Crippen LogP contribution in [0.3, 0.4) is 0 Å². The Kier molecular flexibility index (Phi) is 7.73. The minimum atomic E-state index is -1.20. The summed E-state index contributed by atoms with van der Waals surface area (Å²) in [5, 5.41) is 23.8. The number of allylic oxidation sites excluding steroid dienone is 1. The van der Waals surface area contributed by atoms with Crippen molar-refractivity contribution in [2.75, 3.05) is 17.2 Å². The molecule has 3 atom stereocenters. The van der Waals surface area contributed by atoms with Gasteiger partial charge in [0, 0.05) is 23.0 Å². The quantitative estimate of drug-likeness (QED) is 0.127. The first kappa shape index (κ1) is 25.6. The second-order valence-electron chi connectivity index (χ2n) is 8.01. The van der Waals surface area contributed by atoms with Gasteiger partial charge in [0.15, 0.2) is 9.47 Å². The SMILES string of the molecule is Nc1nc(C(=NOC2C=CCCC2)C(=O)NC2C(=O)N3C(C(=O)O)=C(CSc4nncs4)CS[C@H]23)ns1. The molecule has 2 unspecified atom stereocenters. The predicted molar refractivity (Wildman–Crippen MR) is 139 cm³/mol. The molecule has 2 amide bonds. The summed E-state index contributed by atoms with van der Waals surface area (Å²) in [4.78, 5) is 49.1. The summed E-state index contributed by atoms with van der Waals surface area (Å²) < 4.78 is 4.77. The number of hydrogen-bond acceptors (Lipinski definition) is 14. The van der Waals surface area contributed by atoms with Gasteiger partial charge in [-0.05, 0) is 30.9 Å². The van der Waals surface area contributed by atoms with Crippen LogP contribution in [0.1, 0.15) is 25.1 Å². The Morgan fingerprint density at radius 1 is 1.41 bits per heavy atom. The summed E-state index contributed by atoms with van der Waals surface area (Å²) >= 11 is 4.99. The van der Waals surface area contributed by atoms with Crippen molar-refractivity contribution in [1.82, 2.24) is 29.8 Å². The molecule has 194 valence electrons. The molecule has 1 saturated heterocycles. The number of rotatable bonds is 9. The standard InChI is InChI=1S/C20H20N8O5S4/c21-19-24-14(27-37-19)11(26-33-10-4-2-1-3-5-10)15(29)23-12-16(30)28-13(18(31)32)9(6-34-17(12)28)7-35-20-25-22-8-36-20/h2,4,8,10,12,17H,1,3,5-7H2,(H,23,29)(H,31,32)(H2,21,24,27)/t10?,12?,17-/m1/s1. The number of anilines is 1. The van der Waals surface area contributed by atoms with Crippen LogP contribution < -0.4 is 11.1 Å². The molecule has 0 bridgehead atoms. The number of amides is 2. The van der Waals surface area contributed by atoms with Crippen molar-refractivity contribution in [2.45, 2.75) is 41.1 Å². The molecule has 0 spiro atoms. The van der Waals surface area contributed by atoms with Gasteiger partial charge >= 0.3 is 5.97 Å². The Morgan fingerprint density at radius 2 is 2.27 bits per heavy atom. The average Bonchev–Trinajstić information content (AvgIpc) is 3.58. The molecule has 0 aromatic carbocycles. The van der Waals surface area contributed by atoms with E-state index in [1.165, 1.54) is 39.8 Å². The zero-order chi connectivity index (χ0) is 25.9. The van der Waals surface area contributed by atoms with Crippen LogP contribution in [-0.2, 0) is 19.2 Å². The molecule has 2 aromatic rings. The second kappa shape index (κ2) is 11.2. The monoisotopic (exact) mass is 580 g/mol. The van der Waals surface area contributed by atoms with E-state index in [1.807, 2.05) is 12.2 Å². The predicted octanol–water partition coefficient (Wildman–Crippen LogP) is 1.33. The maximum absolute atomic E-state index is 13.2. The van der Waals surface area contributed by atoms with E-state index in [9.17, 15) is 19.5 Å². The first-order valence-electron chi connectivity index (χ1n) is 11.0. The number of carbonyl (C=O) groups excluding carboxylic acids is 2. The van der Waals surface area contributed by atoms with Gasteiger partial charge in [-0.25, -0.2) is 4.79 Å². The van der Waals surface area contributed by atoms with Gasteiger partial charge in [0.05, 0.1) is 0 Å². The molecule has 1 fully saturated rings. The highest BCUT2D eigenvalue weighted by molar-refractivity contribution is 8.01. The average molecular weight is 581 g/mol. The van der Waals surface area contributed by atoms with Gasteiger partial charge in [0.25, 0.3) is 11.8 Å². The number of hydrogen-bond donors (Lipinski definition) is 3. The van der Waals surface area contributed by atoms with Crippen molar-refractivity contribution in [2.24, 2.45) is 5.16 Å². The van der Waals surface area contributed by atoms with E-state index < -0.39 is 29.2 Å². The molecule has 4 heterocycles. The third-order valence-corrected chi connectivity index (χ3v) is 9.43. The molecule has 2 aliphatic heterocycles. The molecule has 3 aliphatic rings. The molecule has 0 saturated carbocycles. The van der Waals surface area contributed by atoms with Gasteiger partial charge in [-0.15, -0.1) is 22.0 Å². The number of carbonyl (C=O) groups is 3. The van der Waals surface area contributed by atoms with E-state index in [1.54, 1.807) is 5.51 Å². The van der Waals surface area contributed by atoms with Crippen molar-refractivity contribution < 1.29 is 24.3 Å². The Balaban J connectivity index is 1.31. The van der Waals surface area contributed by atoms with Gasteiger partial charge in [0.2, 0.25) is 11.5 Å². The molecule has 37 heavy (non-hydrogen) atoms. The number of thioether (sulfide) groups is 2. The molecular weight excluding hydrogens is 561 g/mol. The number of aromatic nitrogens is 4. The maximum Gasteiger partial charge on any atom is 0.352 e. The fraction of sp³-hybridized carbons (Fsp3) is 0.400. The molecule has 4 N–H and O–H groups in total. The lowest BCUT2D eigenvalue weighted by atomic mass is 10.0. The zero-order valence-electron chi connectivity index (χ0n) is 19.0. The molecule has 13 nitrogen and oxygen atoms in total. The summed E-state index contributed by atoms with van der Waals surface area (Å²) in [7, 11) is 0. The number of nitrogens with two attached hydrogens (primary N) is 1. The summed E-state index contributed by atoms with van der Waals surface area (Å²) in [5.41, 5.74) is 7.62. The zero-order valence-corrected chi connectivity index (χ0v) is 22.2. The number of nitrogen functional groups attached to an aromatic ring is 1. The second-order valence-corrected chi connectivity index (χ2v) is 12.0. The number of oxime groups is 1. The van der Waals surface area contributed by atoms with Gasteiger partial charge in [-0.1, -0.05) is 34.3 Å². The van der Waals surface area contributed by atoms with E-state index in [2.05, 4.69) is 30.0 Å². The van der Waals surface area contributed by atoms with Crippen LogP contribution in [-0.4, -0.2) is 82.1 Å². The lowest BCUT2D eigenvalue weighted by molar-refractivity contribution is -0.150. The Hall–Kier alpha value is -3.02. The summed E-state index contributed by atoms with van der Waals surface area (Å²) in [6, 6.07) is -0.944. The minimum Gasteiger partial charge on any atom is -0.477 e. The van der Waals surface area contributed by atoms with Crippen molar-refractivity contribution in [3.63, 3.8) is 0 Å². The van der Waals surface area contributed by atoms with Gasteiger partial charge in [0.1, 0.15) is 28.7 Å². The number of β-lactam (4-membered cyclic amide) rings is 1. The van der Waals surface area contributed by atoms with Gasteiger partial charge in [-0.3, -0.25) is 14.5 Å². The third kappa shape index (κ3) is 5.48. The first-order chi connectivity index (χ1) is 17.9. The fourth-order valence-corrected chi connectivity index (χ4v) is 7.29. The van der Waals surface area contributed by atoms with E-state index in [-0.39, 0.29) is 28.5 Å². The van der Waals surface area contributed by atoms with Crippen LogP contribution in [0, 0.1) is 0 Å². The van der Waals surface area contributed by atoms with Crippen molar-refractivity contribution in [1.29, 1.82) is 0 Å². The summed E-state index contributed by atoms with van der Waals surface area (Å²) in [6.45, 7) is 0. The highest BCUT2D eigenvalue weighted by Crippen LogP contribution is 2.41. The summed E-state index contributed by atoms with van der Waals surface area (Å²) in [5.74, 6) is -1.71. The molecule has 17 heteroatoms. The van der Waals surface area contributed by atoms with E-state index >= 15 is 0 Å². The Morgan fingerprint density at radius 3 is 2.95 bits per heavy atom. The molecular formula is C20H20N8O5S4. The van der Waals surface area contributed by atoms with Crippen LogP contribution in [0.2, 0.25) is 0 Å². The maximum atomic E-state index is 13.2. The molecule has 5 rings (SSSR count). The fourth-order valence-electron chi connectivity index (χ4n) is 3.88. The van der Waals surface area contributed by atoms with Crippen LogP contribution >= 0.6 is 46.4 Å². The topological polar surface area (TPSA) is 186 Å². The normalized spacial score (nSPS) is 23.5. The smallest absolute Gasteiger partial charge is 0.352 e. The van der Waals surface area contributed by atoms with Crippen LogP contribution in [0.5, 0.6) is 0 Å². The Bertz CT molecular complexity index is 1290. The van der Waals surface area contributed by atoms with Gasteiger partial charge in [-0.2, -0.15) is 9.36 Å². The minimum absolute atomic E-state index is 0.0122. The van der Waals surface area contributed by atoms with E-state index in [0.29, 0.717) is 21.4 Å². The van der Waals surface area contributed by atoms with Crippen molar-refractivity contribution >= 4 is 75.0 Å². The lowest BCUT2D eigenvalue weighted by Crippen LogP contribution is -2.71. The van der Waals surface area contributed by atoms with Crippen LogP contribution in [0.4, 0.5) is 5.13 Å². The van der Waals surface area contributed by atoms with Crippen LogP contribution in [0.25, 0.3) is 0 Å². The number of carboxylic acid groups (broad SMARTS) is 1. The highest BCUT2D eigenvalue weighted by atomic mass is 32.2. The highest BCUT2D eigenvalue weighted by Gasteiger charge is 2.54. The van der Waals surface area contributed by atoms with E-state index in [0.717, 1.165) is 30.8 Å². The molecule has 2 aromatic heterocycles. The molecule has 0 radical (unpaired) electrons. The van der Waals surface area contributed by atoms with Crippen molar-refractivity contribution in [3.05, 3.63) is 34.8 Å². The Labute approximate surface area is 226 Å². The number of carboxylic acids is 1. The van der Waals surface area contributed by atoms with Crippen LogP contribution in [0.15, 0.2) is 38.4 Å². The largest absolute Gasteiger partial charge is 0.477 e. The molecule has 1 aliphatic carbocycles.